The number of anilines is 2. The van der Waals surface area contributed by atoms with Crippen LogP contribution in [-0.4, -0.2) is 38.7 Å². The summed E-state index contributed by atoms with van der Waals surface area (Å²) in [5, 5.41) is 2.76. The standard InChI is InChI=1S/C25H27N3O4S/c1-17-6-11-21(12-7-17)26-24(29)16-28(4)25(30)20-9-13-22(14-10-20)27-33(31,32)23-15-18(2)5-8-19(23)3/h5-15,27H,16H2,1-4H3,(H,26,29). The molecule has 0 aliphatic carbocycles. The lowest BCUT2D eigenvalue weighted by atomic mass is 10.2. The molecular formula is C25H27N3O4S. The number of carbonyl (C=O) groups excluding carboxylic acids is 2. The third-order valence-electron chi connectivity index (χ3n) is 5.08. The predicted octanol–water partition coefficient (Wildman–Crippen LogP) is 4.12. The highest BCUT2D eigenvalue weighted by Crippen LogP contribution is 2.21. The van der Waals surface area contributed by atoms with Gasteiger partial charge in [-0.1, -0.05) is 29.8 Å². The van der Waals surface area contributed by atoms with Crippen molar-refractivity contribution in [2.24, 2.45) is 0 Å². The average Bonchev–Trinajstić information content (AvgIpc) is 2.76. The van der Waals surface area contributed by atoms with E-state index in [1.165, 1.54) is 36.2 Å². The van der Waals surface area contributed by atoms with Gasteiger partial charge in [-0.15, -0.1) is 0 Å². The van der Waals surface area contributed by atoms with Gasteiger partial charge in [0, 0.05) is 24.0 Å². The predicted molar refractivity (Wildman–Crippen MR) is 130 cm³/mol. The number of carbonyl (C=O) groups is 2. The fourth-order valence-corrected chi connectivity index (χ4v) is 4.62. The molecule has 3 rings (SSSR count). The van der Waals surface area contributed by atoms with E-state index < -0.39 is 10.0 Å². The maximum Gasteiger partial charge on any atom is 0.262 e. The van der Waals surface area contributed by atoms with Crippen molar-refractivity contribution in [1.29, 1.82) is 0 Å². The van der Waals surface area contributed by atoms with Crippen molar-refractivity contribution in [3.8, 4) is 0 Å². The normalized spacial score (nSPS) is 11.0. The summed E-state index contributed by atoms with van der Waals surface area (Å²) in [6.45, 7) is 5.41. The van der Waals surface area contributed by atoms with Crippen LogP contribution in [0.3, 0.4) is 0 Å². The third-order valence-corrected chi connectivity index (χ3v) is 6.60. The highest BCUT2D eigenvalue weighted by Gasteiger charge is 2.19. The lowest BCUT2D eigenvalue weighted by Crippen LogP contribution is -2.34. The molecule has 0 saturated heterocycles. The van der Waals surface area contributed by atoms with Crippen LogP contribution in [0.15, 0.2) is 71.6 Å². The van der Waals surface area contributed by atoms with Gasteiger partial charge in [-0.2, -0.15) is 0 Å². The van der Waals surface area contributed by atoms with E-state index in [4.69, 9.17) is 0 Å². The number of rotatable bonds is 7. The highest BCUT2D eigenvalue weighted by molar-refractivity contribution is 7.92. The Kier molecular flexibility index (Phi) is 7.18. The summed E-state index contributed by atoms with van der Waals surface area (Å²) in [7, 11) is -2.23. The second-order valence-electron chi connectivity index (χ2n) is 8.03. The lowest BCUT2D eigenvalue weighted by molar-refractivity contribution is -0.116. The number of hydrogen-bond acceptors (Lipinski definition) is 4. The molecule has 0 radical (unpaired) electrons. The van der Waals surface area contributed by atoms with Gasteiger partial charge >= 0.3 is 0 Å². The Hall–Kier alpha value is -3.65. The van der Waals surface area contributed by atoms with Gasteiger partial charge < -0.3 is 10.2 Å². The summed E-state index contributed by atoms with van der Waals surface area (Å²) < 4.78 is 28.1. The van der Waals surface area contributed by atoms with Gasteiger partial charge in [-0.3, -0.25) is 14.3 Å². The largest absolute Gasteiger partial charge is 0.332 e. The minimum absolute atomic E-state index is 0.117. The summed E-state index contributed by atoms with van der Waals surface area (Å²) >= 11 is 0. The SMILES string of the molecule is Cc1ccc(NC(=O)CN(C)C(=O)c2ccc(NS(=O)(=O)c3cc(C)ccc3C)cc2)cc1. The topological polar surface area (TPSA) is 95.6 Å². The van der Waals surface area contributed by atoms with E-state index in [-0.39, 0.29) is 23.3 Å². The fourth-order valence-electron chi connectivity index (χ4n) is 3.23. The first kappa shape index (κ1) is 24.0. The lowest BCUT2D eigenvalue weighted by Gasteiger charge is -2.17. The van der Waals surface area contributed by atoms with E-state index in [1.807, 2.05) is 32.0 Å². The Morgan fingerprint density at radius 1 is 0.818 bits per heavy atom. The molecule has 0 atom stereocenters. The van der Waals surface area contributed by atoms with Crippen LogP contribution < -0.4 is 10.0 Å². The van der Waals surface area contributed by atoms with Gasteiger partial charge in [0.15, 0.2) is 0 Å². The molecule has 0 aliphatic heterocycles. The van der Waals surface area contributed by atoms with Gasteiger partial charge in [0.2, 0.25) is 5.91 Å². The van der Waals surface area contributed by atoms with Crippen LogP contribution in [0.5, 0.6) is 0 Å². The first-order chi connectivity index (χ1) is 15.5. The molecule has 172 valence electrons. The summed E-state index contributed by atoms with van der Waals surface area (Å²) in [5.74, 6) is -0.661. The Labute approximate surface area is 194 Å². The van der Waals surface area contributed by atoms with Gasteiger partial charge in [0.25, 0.3) is 15.9 Å². The third kappa shape index (κ3) is 6.20. The van der Waals surface area contributed by atoms with Gasteiger partial charge in [0.1, 0.15) is 0 Å². The average molecular weight is 466 g/mol. The number of sulfonamides is 1. The quantitative estimate of drug-likeness (QED) is 0.549. The molecule has 0 bridgehead atoms. The van der Waals surface area contributed by atoms with E-state index in [1.54, 1.807) is 31.2 Å². The van der Waals surface area contributed by atoms with Crippen molar-refractivity contribution in [1.82, 2.24) is 4.90 Å². The first-order valence-electron chi connectivity index (χ1n) is 10.4. The molecule has 0 aromatic heterocycles. The number of likely N-dealkylation sites (N-methyl/N-ethyl adjacent to an activating group) is 1. The van der Waals surface area contributed by atoms with Crippen molar-refractivity contribution in [2.45, 2.75) is 25.7 Å². The van der Waals surface area contributed by atoms with Crippen molar-refractivity contribution in [3.63, 3.8) is 0 Å². The zero-order valence-electron chi connectivity index (χ0n) is 19.0. The van der Waals surface area contributed by atoms with E-state index in [9.17, 15) is 18.0 Å². The summed E-state index contributed by atoms with van der Waals surface area (Å²) in [6, 6.07) is 18.7. The smallest absolute Gasteiger partial charge is 0.262 e. The van der Waals surface area contributed by atoms with Crippen LogP contribution in [0, 0.1) is 20.8 Å². The van der Waals surface area contributed by atoms with Crippen LogP contribution in [0.1, 0.15) is 27.0 Å². The van der Waals surface area contributed by atoms with Gasteiger partial charge in [0.05, 0.1) is 11.4 Å². The molecule has 33 heavy (non-hydrogen) atoms. The summed E-state index contributed by atoms with van der Waals surface area (Å²) in [5.41, 5.74) is 3.91. The second-order valence-corrected chi connectivity index (χ2v) is 9.68. The van der Waals surface area contributed by atoms with Gasteiger partial charge in [-0.25, -0.2) is 8.42 Å². The van der Waals surface area contributed by atoms with Crippen LogP contribution in [0.4, 0.5) is 11.4 Å². The summed E-state index contributed by atoms with van der Waals surface area (Å²) in [6.07, 6.45) is 0. The number of nitrogens with one attached hydrogen (secondary N) is 2. The fraction of sp³-hybridized carbons (Fsp3) is 0.200. The molecule has 0 spiro atoms. The van der Waals surface area contributed by atoms with Gasteiger partial charge in [-0.05, 0) is 74.4 Å². The second kappa shape index (κ2) is 9.87. The maximum absolute atomic E-state index is 12.8. The number of aryl methyl sites for hydroxylation is 3. The number of amides is 2. The molecule has 2 amide bonds. The molecule has 0 heterocycles. The molecule has 0 fully saturated rings. The molecule has 8 heteroatoms. The first-order valence-corrected chi connectivity index (χ1v) is 11.9. The van der Waals surface area contributed by atoms with Crippen molar-refractivity contribution in [2.75, 3.05) is 23.6 Å². The zero-order valence-corrected chi connectivity index (χ0v) is 19.9. The Bertz CT molecular complexity index is 1270. The van der Waals surface area contributed by atoms with Crippen molar-refractivity contribution < 1.29 is 18.0 Å². The molecule has 2 N–H and O–H groups in total. The molecule has 3 aromatic carbocycles. The molecule has 0 unspecified atom stereocenters. The molecule has 0 aliphatic rings. The van der Waals surface area contributed by atoms with Crippen LogP contribution in [-0.2, 0) is 14.8 Å². The van der Waals surface area contributed by atoms with E-state index >= 15 is 0 Å². The Morgan fingerprint density at radius 2 is 1.39 bits per heavy atom. The van der Waals surface area contributed by atoms with E-state index in [2.05, 4.69) is 10.0 Å². The molecule has 7 nitrogen and oxygen atoms in total. The monoisotopic (exact) mass is 465 g/mol. The number of nitrogens with zero attached hydrogens (tertiary/aromatic N) is 1. The molecule has 0 saturated carbocycles. The van der Waals surface area contributed by atoms with Crippen molar-refractivity contribution in [3.05, 3.63) is 89.0 Å². The van der Waals surface area contributed by atoms with Crippen LogP contribution >= 0.6 is 0 Å². The number of hydrogen-bond donors (Lipinski definition) is 2. The van der Waals surface area contributed by atoms with E-state index in [0.717, 1.165) is 11.1 Å². The number of benzene rings is 3. The minimum Gasteiger partial charge on any atom is -0.332 e. The highest BCUT2D eigenvalue weighted by atomic mass is 32.2. The van der Waals surface area contributed by atoms with Crippen LogP contribution in [0.25, 0.3) is 0 Å². The Morgan fingerprint density at radius 3 is 2.03 bits per heavy atom. The molecular weight excluding hydrogens is 438 g/mol. The van der Waals surface area contributed by atoms with E-state index in [0.29, 0.717) is 22.5 Å². The van der Waals surface area contributed by atoms with Crippen LogP contribution in [0.2, 0.25) is 0 Å². The molecule has 3 aromatic rings. The zero-order chi connectivity index (χ0) is 24.2. The van der Waals surface area contributed by atoms with Crippen molar-refractivity contribution >= 4 is 33.2 Å². The summed E-state index contributed by atoms with van der Waals surface area (Å²) in [4.78, 5) is 26.5. The Balaban J connectivity index is 1.63. The minimum atomic E-state index is -3.76. The maximum atomic E-state index is 12.8.